The SMILES string of the molecule is CCC(=O)O[C@H]1CC[C@H]2[C@@H]3CCC4=CC(=O)CC[C@]4(C)C3CC[C@]12C. The fraction of sp³-hybridized carbons (Fsp3) is 0.818. The van der Waals surface area contributed by atoms with E-state index in [0.29, 0.717) is 24.0 Å². The van der Waals surface area contributed by atoms with Crippen LogP contribution in [0.2, 0.25) is 0 Å². The predicted molar refractivity (Wildman–Crippen MR) is 96.9 cm³/mol. The molecule has 0 saturated heterocycles. The van der Waals surface area contributed by atoms with Crippen LogP contribution in [-0.4, -0.2) is 17.9 Å². The zero-order valence-electron chi connectivity index (χ0n) is 16.0. The fourth-order valence-electron chi connectivity index (χ4n) is 6.95. The van der Waals surface area contributed by atoms with Crippen molar-refractivity contribution < 1.29 is 14.3 Å². The van der Waals surface area contributed by atoms with E-state index in [1.807, 2.05) is 13.0 Å². The maximum Gasteiger partial charge on any atom is 0.305 e. The molecule has 0 aromatic carbocycles. The number of allylic oxidation sites excluding steroid dienone is 1. The van der Waals surface area contributed by atoms with Crippen molar-refractivity contribution in [2.24, 2.45) is 28.6 Å². The van der Waals surface area contributed by atoms with Crippen molar-refractivity contribution in [3.8, 4) is 0 Å². The van der Waals surface area contributed by atoms with Crippen LogP contribution in [0.25, 0.3) is 0 Å². The Labute approximate surface area is 151 Å². The lowest BCUT2D eigenvalue weighted by Gasteiger charge is -2.57. The Balaban J connectivity index is 1.59. The summed E-state index contributed by atoms with van der Waals surface area (Å²) in [7, 11) is 0. The van der Waals surface area contributed by atoms with E-state index in [1.54, 1.807) is 0 Å². The van der Waals surface area contributed by atoms with Gasteiger partial charge in [0.2, 0.25) is 0 Å². The molecule has 0 N–H and O–H groups in total. The quantitative estimate of drug-likeness (QED) is 0.673. The summed E-state index contributed by atoms with van der Waals surface area (Å²) in [5.41, 5.74) is 1.82. The number of hydrogen-bond donors (Lipinski definition) is 0. The second-order valence-electron chi connectivity index (χ2n) is 9.42. The van der Waals surface area contributed by atoms with E-state index in [0.717, 1.165) is 38.0 Å². The maximum atomic E-state index is 11.9. The van der Waals surface area contributed by atoms with Gasteiger partial charge in [-0.3, -0.25) is 9.59 Å². The summed E-state index contributed by atoms with van der Waals surface area (Å²) < 4.78 is 5.86. The topological polar surface area (TPSA) is 43.4 Å². The average Bonchev–Trinajstić information content (AvgIpc) is 2.92. The van der Waals surface area contributed by atoms with Crippen molar-refractivity contribution in [1.29, 1.82) is 0 Å². The molecule has 3 heteroatoms. The van der Waals surface area contributed by atoms with E-state index in [-0.39, 0.29) is 22.9 Å². The molecule has 138 valence electrons. The molecule has 1 unspecified atom stereocenters. The molecule has 0 radical (unpaired) electrons. The van der Waals surface area contributed by atoms with Crippen molar-refractivity contribution in [1.82, 2.24) is 0 Å². The van der Waals surface area contributed by atoms with Gasteiger partial charge in [0.05, 0.1) is 0 Å². The van der Waals surface area contributed by atoms with E-state index < -0.39 is 0 Å². The largest absolute Gasteiger partial charge is 0.462 e. The Morgan fingerprint density at radius 1 is 1.12 bits per heavy atom. The molecule has 0 aliphatic heterocycles. The number of carbonyl (C=O) groups excluding carboxylic acids is 2. The number of carbonyl (C=O) groups is 2. The van der Waals surface area contributed by atoms with E-state index >= 15 is 0 Å². The minimum atomic E-state index is -0.0411. The third kappa shape index (κ3) is 2.52. The highest BCUT2D eigenvalue weighted by Crippen LogP contribution is 2.65. The Bertz CT molecular complexity index is 621. The summed E-state index contributed by atoms with van der Waals surface area (Å²) in [6.45, 7) is 6.69. The standard InChI is InChI=1S/C22H32O3/c1-4-20(24)25-19-8-7-17-16-6-5-14-13-15(23)9-11-21(14,2)18(16)10-12-22(17,19)3/h13,16-19H,4-12H2,1-3H3/t16-,17-,18?,19-,21-,22-/m0/s1. The van der Waals surface area contributed by atoms with Crippen molar-refractivity contribution in [2.45, 2.75) is 84.7 Å². The number of hydrogen-bond acceptors (Lipinski definition) is 3. The van der Waals surface area contributed by atoms with Crippen molar-refractivity contribution in [2.75, 3.05) is 0 Å². The summed E-state index contributed by atoms with van der Waals surface area (Å²) in [5, 5.41) is 0. The number of ether oxygens (including phenoxy) is 1. The first kappa shape index (κ1) is 17.3. The smallest absolute Gasteiger partial charge is 0.305 e. The van der Waals surface area contributed by atoms with Gasteiger partial charge in [-0.1, -0.05) is 26.3 Å². The summed E-state index contributed by atoms with van der Waals surface area (Å²) in [6, 6.07) is 0. The number of ketones is 1. The molecule has 4 rings (SSSR count). The molecule has 4 aliphatic carbocycles. The number of esters is 1. The molecule has 0 heterocycles. The highest BCUT2D eigenvalue weighted by Gasteiger charge is 2.59. The van der Waals surface area contributed by atoms with Crippen LogP contribution >= 0.6 is 0 Å². The lowest BCUT2D eigenvalue weighted by Crippen LogP contribution is -2.51. The second kappa shape index (κ2) is 5.96. The Kier molecular flexibility index (Phi) is 4.12. The van der Waals surface area contributed by atoms with Gasteiger partial charge in [-0.05, 0) is 74.2 Å². The second-order valence-corrected chi connectivity index (χ2v) is 9.42. The van der Waals surface area contributed by atoms with Gasteiger partial charge < -0.3 is 4.74 Å². The van der Waals surface area contributed by atoms with Crippen molar-refractivity contribution in [3.05, 3.63) is 11.6 Å². The third-order valence-electron chi connectivity index (χ3n) is 8.44. The van der Waals surface area contributed by atoms with Crippen LogP contribution in [0.5, 0.6) is 0 Å². The van der Waals surface area contributed by atoms with E-state index in [2.05, 4.69) is 13.8 Å². The normalized spacial score (nSPS) is 45.9. The third-order valence-corrected chi connectivity index (χ3v) is 8.44. The van der Waals surface area contributed by atoms with Crippen LogP contribution in [0.3, 0.4) is 0 Å². The van der Waals surface area contributed by atoms with Gasteiger partial charge in [-0.25, -0.2) is 0 Å². The van der Waals surface area contributed by atoms with Gasteiger partial charge in [0.15, 0.2) is 5.78 Å². The zero-order valence-corrected chi connectivity index (χ0v) is 16.0. The molecule has 0 spiro atoms. The molecular weight excluding hydrogens is 312 g/mol. The maximum absolute atomic E-state index is 11.9. The molecule has 6 atom stereocenters. The van der Waals surface area contributed by atoms with Gasteiger partial charge in [0.1, 0.15) is 6.10 Å². The molecule has 3 fully saturated rings. The highest BCUT2D eigenvalue weighted by atomic mass is 16.5. The van der Waals surface area contributed by atoms with Crippen LogP contribution in [0.1, 0.15) is 78.6 Å². The zero-order chi connectivity index (χ0) is 17.8. The van der Waals surface area contributed by atoms with Crippen molar-refractivity contribution in [3.63, 3.8) is 0 Å². The first-order valence-electron chi connectivity index (χ1n) is 10.3. The Morgan fingerprint density at radius 3 is 2.68 bits per heavy atom. The highest BCUT2D eigenvalue weighted by molar-refractivity contribution is 5.91. The minimum absolute atomic E-state index is 0.0411. The molecule has 3 saturated carbocycles. The molecule has 0 aromatic rings. The van der Waals surface area contributed by atoms with E-state index in [1.165, 1.54) is 24.8 Å². The van der Waals surface area contributed by atoms with Gasteiger partial charge in [0, 0.05) is 18.3 Å². The lowest BCUT2D eigenvalue weighted by atomic mass is 9.47. The van der Waals surface area contributed by atoms with Crippen LogP contribution in [0.4, 0.5) is 0 Å². The monoisotopic (exact) mass is 344 g/mol. The fourth-order valence-corrected chi connectivity index (χ4v) is 6.95. The Hall–Kier alpha value is -1.12. The average molecular weight is 344 g/mol. The molecule has 3 nitrogen and oxygen atoms in total. The number of fused-ring (bicyclic) bond motifs is 5. The predicted octanol–water partition coefficient (Wildman–Crippen LogP) is 4.84. The molecule has 0 bridgehead atoms. The van der Waals surface area contributed by atoms with Gasteiger partial charge in [-0.15, -0.1) is 0 Å². The molecule has 25 heavy (non-hydrogen) atoms. The van der Waals surface area contributed by atoms with Gasteiger partial charge in [-0.2, -0.15) is 0 Å². The van der Waals surface area contributed by atoms with Crippen LogP contribution in [0, 0.1) is 28.6 Å². The van der Waals surface area contributed by atoms with E-state index in [9.17, 15) is 9.59 Å². The van der Waals surface area contributed by atoms with Crippen LogP contribution in [-0.2, 0) is 14.3 Å². The van der Waals surface area contributed by atoms with Gasteiger partial charge >= 0.3 is 5.97 Å². The lowest BCUT2D eigenvalue weighted by molar-refractivity contribution is -0.159. The summed E-state index contributed by atoms with van der Waals surface area (Å²) >= 11 is 0. The van der Waals surface area contributed by atoms with E-state index in [4.69, 9.17) is 4.74 Å². The van der Waals surface area contributed by atoms with Crippen LogP contribution in [0.15, 0.2) is 11.6 Å². The summed E-state index contributed by atoms with van der Waals surface area (Å²) in [4.78, 5) is 23.8. The van der Waals surface area contributed by atoms with Gasteiger partial charge in [0.25, 0.3) is 0 Å². The summed E-state index contributed by atoms with van der Waals surface area (Å²) in [6.07, 6.45) is 11.3. The van der Waals surface area contributed by atoms with Crippen LogP contribution < -0.4 is 0 Å². The Morgan fingerprint density at radius 2 is 1.92 bits per heavy atom. The summed E-state index contributed by atoms with van der Waals surface area (Å²) in [5.74, 6) is 2.41. The molecule has 4 aliphatic rings. The molecule has 0 aromatic heterocycles. The first-order chi connectivity index (χ1) is 11.9. The minimum Gasteiger partial charge on any atom is -0.462 e. The molecule has 0 amide bonds. The first-order valence-corrected chi connectivity index (χ1v) is 10.3. The van der Waals surface area contributed by atoms with Crippen molar-refractivity contribution >= 4 is 11.8 Å². The molecular formula is C22H32O3. The number of rotatable bonds is 2.